The lowest BCUT2D eigenvalue weighted by Gasteiger charge is -2.14. The van der Waals surface area contributed by atoms with E-state index < -0.39 is 0 Å². The molecule has 0 radical (unpaired) electrons. The second-order valence-corrected chi connectivity index (χ2v) is 3.58. The Labute approximate surface area is 88.3 Å². The van der Waals surface area contributed by atoms with E-state index in [2.05, 4.69) is 10.4 Å². The van der Waals surface area contributed by atoms with Gasteiger partial charge in [0.25, 0.3) is 0 Å². The maximum absolute atomic E-state index is 11.4. The topological polar surface area (TPSA) is 71.2 Å². The summed E-state index contributed by atoms with van der Waals surface area (Å²) in [5, 5.41) is 0. The van der Waals surface area contributed by atoms with Gasteiger partial charge in [0, 0.05) is 13.0 Å². The minimum absolute atomic E-state index is 0.211. The molecule has 3 N–H and O–H groups in total. The number of hydrogen-bond acceptors (Lipinski definition) is 4. The third-order valence-corrected chi connectivity index (χ3v) is 2.48. The number of carbonyl (C=O) groups excluding carboxylic acids is 1. The van der Waals surface area contributed by atoms with Gasteiger partial charge >= 0.3 is 0 Å². The number of nitrogen functional groups attached to an aromatic ring is 1. The third-order valence-electron chi connectivity index (χ3n) is 2.48. The fraction of sp³-hybridized carbons (Fsp3) is 0.400. The van der Waals surface area contributed by atoms with E-state index in [1.165, 1.54) is 0 Å². The van der Waals surface area contributed by atoms with Gasteiger partial charge < -0.3 is 10.3 Å². The molecule has 0 bridgehead atoms. The van der Waals surface area contributed by atoms with Crippen LogP contribution in [0.15, 0.2) is 18.2 Å². The minimum Gasteiger partial charge on any atom is -0.337 e. The summed E-state index contributed by atoms with van der Waals surface area (Å²) < 4.78 is 0. The number of amides is 1. The summed E-state index contributed by atoms with van der Waals surface area (Å²) in [7, 11) is 0. The summed E-state index contributed by atoms with van der Waals surface area (Å²) in [6.45, 7) is 1.41. The van der Waals surface area contributed by atoms with Crippen molar-refractivity contribution >= 4 is 11.7 Å². The van der Waals surface area contributed by atoms with Gasteiger partial charge in [-0.25, -0.2) is 10.8 Å². The lowest BCUT2D eigenvalue weighted by molar-refractivity contribution is -0.128. The highest BCUT2D eigenvalue weighted by Gasteiger charge is 2.20. The van der Waals surface area contributed by atoms with Crippen LogP contribution in [0.1, 0.15) is 18.5 Å². The molecule has 5 nitrogen and oxygen atoms in total. The summed E-state index contributed by atoms with van der Waals surface area (Å²) in [5.41, 5.74) is 3.35. The number of pyridine rings is 1. The first kappa shape index (κ1) is 9.92. The van der Waals surface area contributed by atoms with Crippen LogP contribution in [0.2, 0.25) is 0 Å². The molecule has 1 fully saturated rings. The minimum atomic E-state index is 0.211. The quantitative estimate of drug-likeness (QED) is 0.557. The maximum atomic E-state index is 11.4. The molecule has 0 aromatic carbocycles. The van der Waals surface area contributed by atoms with Gasteiger partial charge in [-0.1, -0.05) is 6.07 Å². The Morgan fingerprint density at radius 2 is 2.40 bits per heavy atom. The van der Waals surface area contributed by atoms with Crippen LogP contribution < -0.4 is 11.3 Å². The molecule has 15 heavy (non-hydrogen) atoms. The van der Waals surface area contributed by atoms with E-state index in [9.17, 15) is 4.79 Å². The Morgan fingerprint density at radius 3 is 3.07 bits per heavy atom. The number of hydrogen-bond donors (Lipinski definition) is 2. The van der Waals surface area contributed by atoms with E-state index in [1.807, 2.05) is 17.0 Å². The molecule has 0 spiro atoms. The zero-order valence-electron chi connectivity index (χ0n) is 8.44. The predicted octanol–water partition coefficient (Wildman–Crippen LogP) is 0.490. The predicted molar refractivity (Wildman–Crippen MR) is 56.7 cm³/mol. The van der Waals surface area contributed by atoms with Crippen LogP contribution in [-0.2, 0) is 11.3 Å². The molecular formula is C10H14N4O. The van der Waals surface area contributed by atoms with E-state index in [1.54, 1.807) is 6.07 Å². The first-order valence-electron chi connectivity index (χ1n) is 5.00. The molecule has 1 amide bonds. The lowest BCUT2D eigenvalue weighted by Crippen LogP contribution is -2.24. The van der Waals surface area contributed by atoms with Crippen LogP contribution in [0.3, 0.4) is 0 Å². The van der Waals surface area contributed by atoms with Gasteiger partial charge in [-0.05, 0) is 18.6 Å². The smallest absolute Gasteiger partial charge is 0.222 e. The number of nitrogens with two attached hydrogens (primary N) is 1. The first-order chi connectivity index (χ1) is 7.29. The lowest BCUT2D eigenvalue weighted by atomic mass is 10.3. The van der Waals surface area contributed by atoms with Crippen LogP contribution in [0.4, 0.5) is 5.82 Å². The normalized spacial score (nSPS) is 15.8. The second-order valence-electron chi connectivity index (χ2n) is 3.58. The molecule has 5 heteroatoms. The molecule has 0 unspecified atom stereocenters. The summed E-state index contributed by atoms with van der Waals surface area (Å²) >= 11 is 0. The molecule has 80 valence electrons. The molecule has 2 rings (SSSR count). The Bertz CT molecular complexity index is 366. The molecule has 1 aromatic rings. The van der Waals surface area contributed by atoms with Crippen molar-refractivity contribution in [2.75, 3.05) is 12.0 Å². The molecule has 0 saturated carbocycles. The van der Waals surface area contributed by atoms with Gasteiger partial charge in [0.05, 0.1) is 12.2 Å². The van der Waals surface area contributed by atoms with Crippen LogP contribution in [-0.4, -0.2) is 22.3 Å². The molecule has 1 saturated heterocycles. The number of carbonyl (C=O) groups is 1. The van der Waals surface area contributed by atoms with Crippen molar-refractivity contribution in [3.05, 3.63) is 23.9 Å². The zero-order chi connectivity index (χ0) is 10.7. The van der Waals surface area contributed by atoms with Crippen LogP contribution in [0, 0.1) is 0 Å². The number of likely N-dealkylation sites (tertiary alicyclic amines) is 1. The van der Waals surface area contributed by atoms with Crippen molar-refractivity contribution in [3.8, 4) is 0 Å². The summed E-state index contributed by atoms with van der Waals surface area (Å²) in [5.74, 6) is 6.10. The first-order valence-corrected chi connectivity index (χ1v) is 5.00. The number of anilines is 1. The van der Waals surface area contributed by atoms with E-state index in [4.69, 9.17) is 5.84 Å². The monoisotopic (exact) mass is 206 g/mol. The summed E-state index contributed by atoms with van der Waals surface area (Å²) in [6, 6.07) is 5.56. The number of rotatable bonds is 3. The SMILES string of the molecule is NNc1cccc(CN2CCCC2=O)n1. The Balaban J connectivity index is 2.06. The summed E-state index contributed by atoms with van der Waals surface area (Å²) in [6.07, 6.45) is 1.61. The average molecular weight is 206 g/mol. The Kier molecular flexibility index (Phi) is 2.82. The van der Waals surface area contributed by atoms with Crippen molar-refractivity contribution in [1.29, 1.82) is 0 Å². The molecule has 2 heterocycles. The van der Waals surface area contributed by atoms with Crippen LogP contribution in [0.25, 0.3) is 0 Å². The van der Waals surface area contributed by atoms with Crippen LogP contribution >= 0.6 is 0 Å². The maximum Gasteiger partial charge on any atom is 0.222 e. The fourth-order valence-corrected chi connectivity index (χ4v) is 1.71. The average Bonchev–Trinajstić information content (AvgIpc) is 2.65. The van der Waals surface area contributed by atoms with E-state index in [-0.39, 0.29) is 5.91 Å². The number of nitrogens with zero attached hydrogens (tertiary/aromatic N) is 2. The number of hydrazine groups is 1. The fourth-order valence-electron chi connectivity index (χ4n) is 1.71. The van der Waals surface area contributed by atoms with E-state index in [0.29, 0.717) is 18.8 Å². The Hall–Kier alpha value is -1.62. The molecule has 1 aromatic heterocycles. The van der Waals surface area contributed by atoms with Gasteiger partial charge in [0.2, 0.25) is 5.91 Å². The standard InChI is InChI=1S/C10H14N4O/c11-13-9-4-1-3-8(12-9)7-14-6-2-5-10(14)15/h1,3-4H,2,5-7,11H2,(H,12,13). The third kappa shape index (κ3) is 2.24. The van der Waals surface area contributed by atoms with E-state index >= 15 is 0 Å². The highest BCUT2D eigenvalue weighted by Crippen LogP contribution is 2.13. The molecule has 1 aliphatic rings. The van der Waals surface area contributed by atoms with Crippen molar-refractivity contribution in [1.82, 2.24) is 9.88 Å². The van der Waals surface area contributed by atoms with Crippen LogP contribution in [0.5, 0.6) is 0 Å². The van der Waals surface area contributed by atoms with Gasteiger partial charge in [-0.15, -0.1) is 0 Å². The number of aromatic nitrogens is 1. The molecule has 1 aliphatic heterocycles. The van der Waals surface area contributed by atoms with Crippen molar-refractivity contribution in [2.45, 2.75) is 19.4 Å². The van der Waals surface area contributed by atoms with Gasteiger partial charge in [-0.2, -0.15) is 0 Å². The van der Waals surface area contributed by atoms with Gasteiger partial charge in [0.15, 0.2) is 0 Å². The molecular weight excluding hydrogens is 192 g/mol. The molecule has 0 atom stereocenters. The molecule has 0 aliphatic carbocycles. The van der Waals surface area contributed by atoms with Gasteiger partial charge in [0.1, 0.15) is 5.82 Å². The van der Waals surface area contributed by atoms with E-state index in [0.717, 1.165) is 18.7 Å². The van der Waals surface area contributed by atoms with Crippen molar-refractivity contribution < 1.29 is 4.79 Å². The number of nitrogens with one attached hydrogen (secondary N) is 1. The highest BCUT2D eigenvalue weighted by molar-refractivity contribution is 5.77. The Morgan fingerprint density at radius 1 is 1.53 bits per heavy atom. The highest BCUT2D eigenvalue weighted by atomic mass is 16.2. The zero-order valence-corrected chi connectivity index (χ0v) is 8.44. The van der Waals surface area contributed by atoms with Crippen molar-refractivity contribution in [2.24, 2.45) is 5.84 Å². The second kappa shape index (κ2) is 4.27. The summed E-state index contributed by atoms with van der Waals surface area (Å²) in [4.78, 5) is 17.5. The largest absolute Gasteiger partial charge is 0.337 e. The van der Waals surface area contributed by atoms with Gasteiger partial charge in [-0.3, -0.25) is 4.79 Å². The van der Waals surface area contributed by atoms with Crippen molar-refractivity contribution in [3.63, 3.8) is 0 Å².